The first-order valence-corrected chi connectivity index (χ1v) is 6.89. The van der Waals surface area contributed by atoms with E-state index in [4.69, 9.17) is 0 Å². The normalized spacial score (nSPS) is 26.1. The number of aliphatic hydroxyl groups excluding tert-OH is 1. The zero-order chi connectivity index (χ0) is 13.1. The first-order valence-electron chi connectivity index (χ1n) is 6.89. The van der Waals surface area contributed by atoms with Crippen LogP contribution in [0.15, 0.2) is 0 Å². The van der Waals surface area contributed by atoms with Crippen LogP contribution >= 0.6 is 0 Å². The maximum absolute atomic E-state index is 9.51. The minimum Gasteiger partial charge on any atom is -0.394 e. The third kappa shape index (κ3) is 4.23. The molecule has 17 heavy (non-hydrogen) atoms. The fraction of sp³-hybridized carbons (Fsp3) is 1.00. The molecule has 102 valence electrons. The Morgan fingerprint density at radius 2 is 1.94 bits per heavy atom. The molecule has 0 aliphatic carbocycles. The Labute approximate surface area is 107 Å². The Morgan fingerprint density at radius 1 is 1.29 bits per heavy atom. The van der Waals surface area contributed by atoms with Gasteiger partial charge in [-0.25, -0.2) is 0 Å². The fourth-order valence-electron chi connectivity index (χ4n) is 2.77. The molecule has 0 spiro atoms. The molecule has 1 rings (SSSR count). The molecule has 2 atom stereocenters. The predicted molar refractivity (Wildman–Crippen MR) is 73.2 cm³/mol. The topological polar surface area (TPSA) is 35.5 Å². The van der Waals surface area contributed by atoms with Gasteiger partial charge in [0.05, 0.1) is 12.1 Å². The van der Waals surface area contributed by atoms with Crippen molar-refractivity contribution in [2.45, 2.75) is 46.6 Å². The summed E-state index contributed by atoms with van der Waals surface area (Å²) in [5.74, 6) is 0.784. The molecule has 2 N–H and O–H groups in total. The summed E-state index contributed by atoms with van der Waals surface area (Å²) in [5.41, 5.74) is 0.254. The number of hydrogen-bond acceptors (Lipinski definition) is 3. The Bertz CT molecular complexity index is 237. The molecular formula is C14H30N2O. The lowest BCUT2D eigenvalue weighted by Gasteiger charge is -2.34. The quantitative estimate of drug-likeness (QED) is 0.770. The van der Waals surface area contributed by atoms with E-state index < -0.39 is 0 Å². The van der Waals surface area contributed by atoms with Crippen LogP contribution in [0.2, 0.25) is 0 Å². The number of nitrogens with one attached hydrogen (secondary N) is 1. The van der Waals surface area contributed by atoms with Crippen LogP contribution < -0.4 is 5.32 Å². The van der Waals surface area contributed by atoms with Gasteiger partial charge in [0.2, 0.25) is 0 Å². The van der Waals surface area contributed by atoms with Gasteiger partial charge in [-0.3, -0.25) is 0 Å². The average molecular weight is 242 g/mol. The third-order valence-corrected chi connectivity index (χ3v) is 4.02. The second-order valence-electron chi connectivity index (χ2n) is 6.84. The van der Waals surface area contributed by atoms with Crippen molar-refractivity contribution in [3.05, 3.63) is 0 Å². The molecule has 1 fully saturated rings. The minimum absolute atomic E-state index is 0.151. The van der Waals surface area contributed by atoms with Crippen molar-refractivity contribution in [3.8, 4) is 0 Å². The molecule has 0 aromatic heterocycles. The van der Waals surface area contributed by atoms with Gasteiger partial charge in [0.1, 0.15) is 0 Å². The standard InChI is InChI=1S/C14H30N2O/c1-6-15-14(5,11-17)10-16-8-7-12(9-16)13(2,3)4/h12,15,17H,6-11H2,1-5H3. The van der Waals surface area contributed by atoms with Crippen LogP contribution in [0.3, 0.4) is 0 Å². The zero-order valence-electron chi connectivity index (χ0n) is 12.2. The molecular weight excluding hydrogens is 212 g/mol. The van der Waals surface area contributed by atoms with E-state index in [1.807, 2.05) is 0 Å². The van der Waals surface area contributed by atoms with Gasteiger partial charge >= 0.3 is 0 Å². The van der Waals surface area contributed by atoms with Crippen LogP contribution in [0.5, 0.6) is 0 Å². The van der Waals surface area contributed by atoms with E-state index in [0.717, 1.165) is 19.0 Å². The van der Waals surface area contributed by atoms with Gasteiger partial charge in [-0.05, 0) is 37.8 Å². The second-order valence-corrected chi connectivity index (χ2v) is 6.84. The Balaban J connectivity index is 2.49. The highest BCUT2D eigenvalue weighted by molar-refractivity contribution is 4.91. The number of likely N-dealkylation sites (tertiary alicyclic amines) is 1. The Hall–Kier alpha value is -0.120. The fourth-order valence-corrected chi connectivity index (χ4v) is 2.77. The van der Waals surface area contributed by atoms with Crippen molar-refractivity contribution in [1.29, 1.82) is 0 Å². The monoisotopic (exact) mass is 242 g/mol. The SMILES string of the molecule is CCNC(C)(CO)CN1CCC(C(C)(C)C)C1. The highest BCUT2D eigenvalue weighted by Crippen LogP contribution is 2.33. The number of nitrogens with zero attached hydrogens (tertiary/aromatic N) is 1. The molecule has 0 radical (unpaired) electrons. The van der Waals surface area contributed by atoms with Crippen molar-refractivity contribution in [2.75, 3.05) is 32.8 Å². The number of rotatable bonds is 5. The van der Waals surface area contributed by atoms with Crippen LogP contribution in [-0.2, 0) is 0 Å². The summed E-state index contributed by atoms with van der Waals surface area (Å²) in [7, 11) is 0. The van der Waals surface area contributed by atoms with Crippen LogP contribution in [-0.4, -0.2) is 48.3 Å². The van der Waals surface area contributed by atoms with Crippen LogP contribution in [0, 0.1) is 11.3 Å². The largest absolute Gasteiger partial charge is 0.394 e. The third-order valence-electron chi connectivity index (χ3n) is 4.02. The van der Waals surface area contributed by atoms with Gasteiger partial charge in [0.15, 0.2) is 0 Å². The molecule has 0 saturated carbocycles. The Kier molecular flexibility index (Phi) is 4.99. The molecule has 1 aliphatic rings. The zero-order valence-corrected chi connectivity index (χ0v) is 12.2. The van der Waals surface area contributed by atoms with Gasteiger partial charge in [-0.15, -0.1) is 0 Å². The lowest BCUT2D eigenvalue weighted by atomic mass is 9.80. The predicted octanol–water partition coefficient (Wildman–Crippen LogP) is 1.71. The van der Waals surface area contributed by atoms with Gasteiger partial charge in [0.25, 0.3) is 0 Å². The van der Waals surface area contributed by atoms with Gasteiger partial charge in [-0.2, -0.15) is 0 Å². The minimum atomic E-state index is -0.151. The molecule has 1 heterocycles. The van der Waals surface area contributed by atoms with Crippen LogP contribution in [0.1, 0.15) is 41.0 Å². The first-order chi connectivity index (χ1) is 7.80. The highest BCUT2D eigenvalue weighted by atomic mass is 16.3. The van der Waals surface area contributed by atoms with Crippen molar-refractivity contribution >= 4 is 0 Å². The van der Waals surface area contributed by atoms with Crippen LogP contribution in [0.4, 0.5) is 0 Å². The van der Waals surface area contributed by atoms with E-state index in [0.29, 0.717) is 5.41 Å². The summed E-state index contributed by atoms with van der Waals surface area (Å²) >= 11 is 0. The summed E-state index contributed by atoms with van der Waals surface area (Å²) in [6, 6.07) is 0. The van der Waals surface area contributed by atoms with E-state index in [-0.39, 0.29) is 12.1 Å². The summed E-state index contributed by atoms with van der Waals surface area (Å²) in [4.78, 5) is 2.49. The average Bonchev–Trinajstić information content (AvgIpc) is 2.66. The molecule has 1 saturated heterocycles. The van der Waals surface area contributed by atoms with E-state index in [9.17, 15) is 5.11 Å². The molecule has 3 nitrogen and oxygen atoms in total. The van der Waals surface area contributed by atoms with E-state index in [2.05, 4.69) is 44.8 Å². The van der Waals surface area contributed by atoms with Crippen molar-refractivity contribution in [2.24, 2.45) is 11.3 Å². The molecule has 0 aromatic rings. The van der Waals surface area contributed by atoms with Crippen molar-refractivity contribution in [1.82, 2.24) is 10.2 Å². The highest BCUT2D eigenvalue weighted by Gasteiger charge is 2.34. The molecule has 3 heteroatoms. The van der Waals surface area contributed by atoms with Crippen molar-refractivity contribution in [3.63, 3.8) is 0 Å². The molecule has 0 aromatic carbocycles. The maximum Gasteiger partial charge on any atom is 0.0623 e. The van der Waals surface area contributed by atoms with E-state index >= 15 is 0 Å². The van der Waals surface area contributed by atoms with Crippen LogP contribution in [0.25, 0.3) is 0 Å². The second kappa shape index (κ2) is 5.68. The number of likely N-dealkylation sites (N-methyl/N-ethyl adjacent to an activating group) is 1. The summed E-state index contributed by atoms with van der Waals surface area (Å²) in [5, 5.41) is 12.9. The van der Waals surface area contributed by atoms with E-state index in [1.165, 1.54) is 19.5 Å². The smallest absolute Gasteiger partial charge is 0.0623 e. The molecule has 0 bridgehead atoms. The van der Waals surface area contributed by atoms with E-state index in [1.54, 1.807) is 0 Å². The molecule has 0 amide bonds. The lowest BCUT2D eigenvalue weighted by molar-refractivity contribution is 0.126. The Morgan fingerprint density at radius 3 is 2.35 bits per heavy atom. The van der Waals surface area contributed by atoms with Gasteiger partial charge in [-0.1, -0.05) is 27.7 Å². The van der Waals surface area contributed by atoms with Gasteiger partial charge < -0.3 is 15.3 Å². The molecule has 2 unspecified atom stereocenters. The lowest BCUT2D eigenvalue weighted by Crippen LogP contribution is -2.53. The summed E-state index contributed by atoms with van der Waals surface area (Å²) in [6.45, 7) is 15.6. The maximum atomic E-state index is 9.51. The summed E-state index contributed by atoms with van der Waals surface area (Å²) in [6.07, 6.45) is 1.29. The summed E-state index contributed by atoms with van der Waals surface area (Å²) < 4.78 is 0. The van der Waals surface area contributed by atoms with Gasteiger partial charge in [0, 0.05) is 13.1 Å². The number of hydrogen-bond donors (Lipinski definition) is 2. The first kappa shape index (κ1) is 14.9. The number of aliphatic hydroxyl groups is 1. The van der Waals surface area contributed by atoms with Crippen molar-refractivity contribution < 1.29 is 5.11 Å². The molecule has 1 aliphatic heterocycles.